The smallest absolute Gasteiger partial charge is 0.330 e. The van der Waals surface area contributed by atoms with E-state index in [9.17, 15) is 9.18 Å². The Bertz CT molecular complexity index is 886. The molecule has 30 heavy (non-hydrogen) atoms. The molecule has 8 nitrogen and oxygen atoms in total. The summed E-state index contributed by atoms with van der Waals surface area (Å²) in [4.78, 5) is 22.9. The van der Waals surface area contributed by atoms with Gasteiger partial charge in [0.2, 0.25) is 5.82 Å². The Labute approximate surface area is 184 Å². The molecule has 1 heterocycles. The van der Waals surface area contributed by atoms with Gasteiger partial charge in [-0.2, -0.15) is 10.2 Å². The number of rotatable bonds is 9. The van der Waals surface area contributed by atoms with Crippen molar-refractivity contribution in [2.75, 3.05) is 29.5 Å². The first-order valence-electron chi connectivity index (χ1n) is 9.59. The maximum absolute atomic E-state index is 13.4. The van der Waals surface area contributed by atoms with Gasteiger partial charge in [-0.25, -0.2) is 19.6 Å². The molecule has 160 valence electrons. The Hall–Kier alpha value is -2.77. The number of aromatic nitrogens is 2. The summed E-state index contributed by atoms with van der Waals surface area (Å²) in [6, 6.07) is 7.23. The van der Waals surface area contributed by atoms with Crippen molar-refractivity contribution >= 4 is 33.5 Å². The SMILES string of the molecule is CC(C)CN(NC(=O)N(CCCCN)c1ccc(F)cc1)c1nc(C#N)ncc1Br. The third-order valence-electron chi connectivity index (χ3n) is 4.08. The van der Waals surface area contributed by atoms with Crippen molar-refractivity contribution in [3.63, 3.8) is 0 Å². The van der Waals surface area contributed by atoms with Gasteiger partial charge < -0.3 is 5.73 Å². The number of unbranched alkanes of at least 4 members (excludes halogenated alkanes) is 1. The van der Waals surface area contributed by atoms with Gasteiger partial charge in [-0.05, 0) is 65.5 Å². The third-order valence-corrected chi connectivity index (χ3v) is 4.64. The Morgan fingerprint density at radius 1 is 1.33 bits per heavy atom. The molecule has 0 saturated heterocycles. The van der Waals surface area contributed by atoms with Crippen LogP contribution in [0.3, 0.4) is 0 Å². The van der Waals surface area contributed by atoms with E-state index in [1.165, 1.54) is 23.2 Å². The van der Waals surface area contributed by atoms with E-state index in [0.29, 0.717) is 42.0 Å². The molecule has 0 saturated carbocycles. The summed E-state index contributed by atoms with van der Waals surface area (Å²) in [6.45, 7) is 5.38. The van der Waals surface area contributed by atoms with Crippen LogP contribution in [0.25, 0.3) is 0 Å². The predicted octanol–water partition coefficient (Wildman–Crippen LogP) is 3.58. The van der Waals surface area contributed by atoms with Gasteiger partial charge in [0, 0.05) is 25.0 Å². The topological polar surface area (TPSA) is 111 Å². The molecule has 0 spiro atoms. The first kappa shape index (κ1) is 23.5. The van der Waals surface area contributed by atoms with Crippen LogP contribution in [0.4, 0.5) is 20.7 Å². The molecule has 0 radical (unpaired) electrons. The molecule has 2 amide bonds. The summed E-state index contributed by atoms with van der Waals surface area (Å²) < 4.78 is 13.9. The number of anilines is 2. The molecule has 0 aliphatic carbocycles. The van der Waals surface area contributed by atoms with Gasteiger partial charge in [-0.3, -0.25) is 9.91 Å². The highest BCUT2D eigenvalue weighted by Gasteiger charge is 2.22. The molecule has 0 bridgehead atoms. The minimum Gasteiger partial charge on any atom is -0.330 e. The number of hydrogen-bond acceptors (Lipinski definition) is 6. The van der Waals surface area contributed by atoms with E-state index in [-0.39, 0.29) is 17.6 Å². The molecular weight excluding hydrogens is 453 g/mol. The van der Waals surface area contributed by atoms with Crippen LogP contribution in [0, 0.1) is 23.1 Å². The van der Waals surface area contributed by atoms with E-state index < -0.39 is 6.03 Å². The van der Waals surface area contributed by atoms with Crippen molar-refractivity contribution in [1.82, 2.24) is 15.4 Å². The minimum atomic E-state index is -0.400. The first-order chi connectivity index (χ1) is 14.3. The summed E-state index contributed by atoms with van der Waals surface area (Å²) >= 11 is 3.38. The standard InChI is InChI=1S/C20H25BrFN7O/c1-14(2)13-29(19-17(21)12-25-18(11-24)26-19)27-20(30)28(10-4-3-9-23)16-7-5-15(22)6-8-16/h5-8,12,14H,3-4,9-10,13,23H2,1-2H3,(H,27,30). The van der Waals surface area contributed by atoms with Crippen LogP contribution in [0.1, 0.15) is 32.5 Å². The number of halogens is 2. The van der Waals surface area contributed by atoms with Gasteiger partial charge in [-0.15, -0.1) is 0 Å². The summed E-state index contributed by atoms with van der Waals surface area (Å²) in [5.74, 6) is 0.185. The monoisotopic (exact) mass is 477 g/mol. The minimum absolute atomic E-state index is 0.00505. The lowest BCUT2D eigenvalue weighted by molar-refractivity contribution is 0.244. The number of carbonyl (C=O) groups excluding carboxylic acids is 1. The second kappa shape index (κ2) is 11.4. The van der Waals surface area contributed by atoms with Crippen LogP contribution < -0.4 is 21.1 Å². The third kappa shape index (κ3) is 6.64. The molecule has 2 aromatic rings. The zero-order chi connectivity index (χ0) is 22.1. The predicted molar refractivity (Wildman–Crippen MR) is 117 cm³/mol. The van der Waals surface area contributed by atoms with Crippen molar-refractivity contribution in [3.05, 3.63) is 46.6 Å². The number of hydrogen-bond donors (Lipinski definition) is 2. The number of urea groups is 1. The fourth-order valence-electron chi connectivity index (χ4n) is 2.71. The largest absolute Gasteiger partial charge is 0.340 e. The number of carbonyl (C=O) groups is 1. The van der Waals surface area contributed by atoms with Crippen LogP contribution in [-0.4, -0.2) is 35.6 Å². The maximum Gasteiger partial charge on any atom is 0.340 e. The van der Waals surface area contributed by atoms with Crippen molar-refractivity contribution in [1.29, 1.82) is 5.26 Å². The van der Waals surface area contributed by atoms with Crippen molar-refractivity contribution < 1.29 is 9.18 Å². The van der Waals surface area contributed by atoms with E-state index >= 15 is 0 Å². The zero-order valence-corrected chi connectivity index (χ0v) is 18.6. The highest BCUT2D eigenvalue weighted by Crippen LogP contribution is 2.23. The molecule has 3 N–H and O–H groups in total. The summed E-state index contributed by atoms with van der Waals surface area (Å²) in [6.07, 6.45) is 2.92. The second-order valence-corrected chi connectivity index (χ2v) is 7.88. The first-order valence-corrected chi connectivity index (χ1v) is 10.4. The van der Waals surface area contributed by atoms with Crippen molar-refractivity contribution in [2.45, 2.75) is 26.7 Å². The molecular formula is C20H25BrFN7O. The maximum atomic E-state index is 13.4. The Kier molecular flexibility index (Phi) is 8.95. The number of hydrazine groups is 1. The number of nitriles is 1. The summed E-state index contributed by atoms with van der Waals surface area (Å²) in [7, 11) is 0. The highest BCUT2D eigenvalue weighted by atomic mass is 79.9. The van der Waals surface area contributed by atoms with E-state index in [4.69, 9.17) is 11.0 Å². The van der Waals surface area contributed by atoms with E-state index in [2.05, 4.69) is 31.3 Å². The van der Waals surface area contributed by atoms with Crippen LogP contribution >= 0.6 is 15.9 Å². The van der Waals surface area contributed by atoms with Gasteiger partial charge in [0.15, 0.2) is 5.82 Å². The van der Waals surface area contributed by atoms with Crippen molar-refractivity contribution in [2.24, 2.45) is 11.7 Å². The molecule has 1 aromatic carbocycles. The van der Waals surface area contributed by atoms with Crippen LogP contribution in [-0.2, 0) is 0 Å². The van der Waals surface area contributed by atoms with E-state index in [0.717, 1.165) is 6.42 Å². The number of amides is 2. The fraction of sp³-hybridized carbons (Fsp3) is 0.400. The number of nitrogens with zero attached hydrogens (tertiary/aromatic N) is 5. The number of nitrogens with two attached hydrogens (primary N) is 1. The van der Waals surface area contributed by atoms with Gasteiger partial charge in [0.25, 0.3) is 0 Å². The Balaban J connectivity index is 2.32. The lowest BCUT2D eigenvalue weighted by atomic mass is 10.2. The lowest BCUT2D eigenvalue weighted by Crippen LogP contribution is -2.51. The zero-order valence-electron chi connectivity index (χ0n) is 17.0. The molecule has 1 aromatic heterocycles. The van der Waals surface area contributed by atoms with Gasteiger partial charge in [0.1, 0.15) is 11.9 Å². The van der Waals surface area contributed by atoms with Crippen LogP contribution in [0.2, 0.25) is 0 Å². The Morgan fingerprint density at radius 3 is 2.63 bits per heavy atom. The summed E-state index contributed by atoms with van der Waals surface area (Å²) in [5.41, 5.74) is 9.01. The average molecular weight is 478 g/mol. The lowest BCUT2D eigenvalue weighted by Gasteiger charge is -2.31. The molecule has 0 atom stereocenters. The molecule has 0 aliphatic rings. The van der Waals surface area contributed by atoms with E-state index in [1.807, 2.05) is 19.9 Å². The average Bonchev–Trinajstić information content (AvgIpc) is 2.71. The molecule has 0 aliphatic heterocycles. The number of benzene rings is 1. The normalized spacial score (nSPS) is 10.6. The van der Waals surface area contributed by atoms with Crippen LogP contribution in [0.15, 0.2) is 34.9 Å². The summed E-state index contributed by atoms with van der Waals surface area (Å²) in [5, 5.41) is 10.7. The molecule has 0 fully saturated rings. The fourth-order valence-corrected chi connectivity index (χ4v) is 3.12. The quantitative estimate of drug-likeness (QED) is 0.421. The molecule has 0 unspecified atom stereocenters. The van der Waals surface area contributed by atoms with Gasteiger partial charge in [-0.1, -0.05) is 13.8 Å². The van der Waals surface area contributed by atoms with Crippen molar-refractivity contribution in [3.8, 4) is 6.07 Å². The van der Waals surface area contributed by atoms with Crippen LogP contribution in [0.5, 0.6) is 0 Å². The highest BCUT2D eigenvalue weighted by molar-refractivity contribution is 9.10. The second-order valence-electron chi connectivity index (χ2n) is 7.02. The van der Waals surface area contributed by atoms with Gasteiger partial charge >= 0.3 is 6.03 Å². The van der Waals surface area contributed by atoms with Gasteiger partial charge in [0.05, 0.1) is 4.47 Å². The van der Waals surface area contributed by atoms with E-state index in [1.54, 1.807) is 17.1 Å². The molecule has 10 heteroatoms. The number of nitrogens with one attached hydrogen (secondary N) is 1. The Morgan fingerprint density at radius 2 is 2.03 bits per heavy atom. The molecule has 2 rings (SSSR count).